The van der Waals surface area contributed by atoms with Gasteiger partial charge in [-0.25, -0.2) is 0 Å². The molecular formula is C28H37N. The molecule has 0 radical (unpaired) electrons. The highest BCUT2D eigenvalue weighted by atomic mass is 15.1. The summed E-state index contributed by atoms with van der Waals surface area (Å²) >= 11 is 0. The van der Waals surface area contributed by atoms with Crippen LogP contribution in [0.25, 0.3) is 5.70 Å². The second-order valence-electron chi connectivity index (χ2n) is 9.71. The Morgan fingerprint density at radius 1 is 1.00 bits per heavy atom. The fourth-order valence-corrected chi connectivity index (χ4v) is 5.98. The molecule has 1 aliphatic heterocycles. The van der Waals surface area contributed by atoms with Crippen LogP contribution in [0.5, 0.6) is 0 Å². The molecule has 1 heterocycles. The van der Waals surface area contributed by atoms with Crippen LogP contribution >= 0.6 is 0 Å². The summed E-state index contributed by atoms with van der Waals surface area (Å²) in [6.07, 6.45) is 9.56. The number of aryl methyl sites for hydroxylation is 1. The van der Waals surface area contributed by atoms with E-state index >= 15 is 0 Å². The van der Waals surface area contributed by atoms with Crippen LogP contribution in [0.1, 0.15) is 74.5 Å². The predicted octanol–water partition coefficient (Wildman–Crippen LogP) is 7.43. The summed E-state index contributed by atoms with van der Waals surface area (Å²) < 4.78 is 0. The van der Waals surface area contributed by atoms with Crippen LogP contribution in [0.2, 0.25) is 0 Å². The van der Waals surface area contributed by atoms with Crippen LogP contribution in [0.15, 0.2) is 61.2 Å². The third-order valence-corrected chi connectivity index (χ3v) is 7.58. The minimum absolute atomic E-state index is 0.530. The van der Waals surface area contributed by atoms with Crippen molar-refractivity contribution in [1.82, 2.24) is 4.90 Å². The van der Waals surface area contributed by atoms with Gasteiger partial charge in [0.1, 0.15) is 0 Å². The number of benzene rings is 2. The molecule has 29 heavy (non-hydrogen) atoms. The second-order valence-corrected chi connectivity index (χ2v) is 9.71. The average molecular weight is 388 g/mol. The van der Waals surface area contributed by atoms with Crippen LogP contribution in [-0.2, 0) is 0 Å². The van der Waals surface area contributed by atoms with E-state index in [1.54, 1.807) is 5.56 Å². The van der Waals surface area contributed by atoms with Crippen molar-refractivity contribution in [3.63, 3.8) is 0 Å². The first-order valence-corrected chi connectivity index (χ1v) is 11.6. The zero-order valence-electron chi connectivity index (χ0n) is 18.4. The third kappa shape index (κ3) is 4.60. The number of rotatable bonds is 5. The normalized spacial score (nSPS) is 23.9. The average Bonchev–Trinajstić information content (AvgIpc) is 2.75. The van der Waals surface area contributed by atoms with Crippen molar-refractivity contribution in [3.8, 4) is 0 Å². The Kier molecular flexibility index (Phi) is 6.13. The van der Waals surface area contributed by atoms with Gasteiger partial charge in [0.15, 0.2) is 0 Å². The van der Waals surface area contributed by atoms with Gasteiger partial charge in [-0.2, -0.15) is 0 Å². The lowest BCUT2D eigenvalue weighted by Crippen LogP contribution is -2.43. The van der Waals surface area contributed by atoms with Gasteiger partial charge in [-0.15, -0.1) is 0 Å². The summed E-state index contributed by atoms with van der Waals surface area (Å²) in [6.45, 7) is 11.3. The van der Waals surface area contributed by atoms with Crippen LogP contribution in [0.3, 0.4) is 0 Å². The molecule has 4 rings (SSSR count). The van der Waals surface area contributed by atoms with Gasteiger partial charge in [-0.1, -0.05) is 86.5 Å². The highest BCUT2D eigenvalue weighted by molar-refractivity contribution is 5.62. The van der Waals surface area contributed by atoms with Gasteiger partial charge in [0, 0.05) is 18.8 Å². The highest BCUT2D eigenvalue weighted by Gasteiger charge is 2.42. The molecular weight excluding hydrogens is 350 g/mol. The Labute approximate surface area is 177 Å². The summed E-state index contributed by atoms with van der Waals surface area (Å²) in [5.41, 5.74) is 5.90. The van der Waals surface area contributed by atoms with E-state index in [0.29, 0.717) is 5.41 Å². The van der Waals surface area contributed by atoms with Gasteiger partial charge in [0.05, 0.1) is 0 Å². The first kappa shape index (κ1) is 20.3. The predicted molar refractivity (Wildman–Crippen MR) is 125 cm³/mol. The first-order valence-electron chi connectivity index (χ1n) is 11.6. The lowest BCUT2D eigenvalue weighted by atomic mass is 9.59. The second kappa shape index (κ2) is 8.78. The van der Waals surface area contributed by atoms with E-state index < -0.39 is 0 Å². The van der Waals surface area contributed by atoms with Crippen molar-refractivity contribution in [2.24, 2.45) is 11.3 Å². The Bertz CT molecular complexity index is 796. The smallest absolute Gasteiger partial charge is 0.0366 e. The lowest BCUT2D eigenvalue weighted by Gasteiger charge is -2.50. The minimum atomic E-state index is 0.530. The molecule has 2 unspecified atom stereocenters. The SMILES string of the molecule is C=C(c1ccc(C)cc1)N1CCC2(CC1)CC(CCC)CC(c1ccccc1)C2. The molecule has 1 saturated heterocycles. The van der Waals surface area contributed by atoms with E-state index in [0.717, 1.165) is 24.9 Å². The maximum Gasteiger partial charge on any atom is 0.0366 e. The summed E-state index contributed by atoms with van der Waals surface area (Å²) in [4.78, 5) is 2.54. The quantitative estimate of drug-likeness (QED) is 0.515. The van der Waals surface area contributed by atoms with Gasteiger partial charge >= 0.3 is 0 Å². The van der Waals surface area contributed by atoms with Crippen molar-refractivity contribution < 1.29 is 0 Å². The number of hydrogen-bond donors (Lipinski definition) is 0. The van der Waals surface area contributed by atoms with Crippen molar-refractivity contribution >= 4 is 5.70 Å². The fraction of sp³-hybridized carbons (Fsp3) is 0.500. The van der Waals surface area contributed by atoms with Gasteiger partial charge in [-0.05, 0) is 67.4 Å². The number of likely N-dealkylation sites (tertiary alicyclic amines) is 1. The van der Waals surface area contributed by atoms with E-state index in [2.05, 4.69) is 79.9 Å². The third-order valence-electron chi connectivity index (χ3n) is 7.58. The zero-order valence-corrected chi connectivity index (χ0v) is 18.4. The van der Waals surface area contributed by atoms with Gasteiger partial charge in [0.25, 0.3) is 0 Å². The Hall–Kier alpha value is -2.02. The summed E-state index contributed by atoms with van der Waals surface area (Å²) in [7, 11) is 0. The largest absolute Gasteiger partial charge is 0.371 e. The van der Waals surface area contributed by atoms with Crippen molar-refractivity contribution in [2.75, 3.05) is 13.1 Å². The zero-order chi connectivity index (χ0) is 20.3. The van der Waals surface area contributed by atoms with E-state index in [-0.39, 0.29) is 0 Å². The maximum atomic E-state index is 4.44. The Morgan fingerprint density at radius 3 is 2.34 bits per heavy atom. The van der Waals surface area contributed by atoms with Crippen LogP contribution in [0, 0.1) is 18.3 Å². The van der Waals surface area contributed by atoms with Gasteiger partial charge < -0.3 is 4.90 Å². The lowest BCUT2D eigenvalue weighted by molar-refractivity contribution is 0.0510. The maximum absolute atomic E-state index is 4.44. The monoisotopic (exact) mass is 387 g/mol. The molecule has 154 valence electrons. The molecule has 2 aliphatic rings. The Balaban J connectivity index is 1.46. The Morgan fingerprint density at radius 2 is 1.69 bits per heavy atom. The molecule has 0 bridgehead atoms. The van der Waals surface area contributed by atoms with Crippen LogP contribution in [-0.4, -0.2) is 18.0 Å². The van der Waals surface area contributed by atoms with Gasteiger partial charge in [0.2, 0.25) is 0 Å². The minimum Gasteiger partial charge on any atom is -0.371 e. The fourth-order valence-electron chi connectivity index (χ4n) is 5.98. The molecule has 1 spiro atoms. The van der Waals surface area contributed by atoms with E-state index in [1.165, 1.54) is 61.8 Å². The number of nitrogens with zero attached hydrogens (tertiary/aromatic N) is 1. The van der Waals surface area contributed by atoms with Gasteiger partial charge in [-0.3, -0.25) is 0 Å². The molecule has 1 nitrogen and oxygen atoms in total. The molecule has 0 N–H and O–H groups in total. The van der Waals surface area contributed by atoms with Crippen molar-refractivity contribution in [1.29, 1.82) is 0 Å². The standard InChI is InChI=1S/C28H37N/c1-4-8-24-19-27(26-9-6-5-7-10-26)21-28(20-24)15-17-29(18-16-28)23(3)25-13-11-22(2)12-14-25/h5-7,9-14,24,27H,3-4,8,15-21H2,1-2H3. The summed E-state index contributed by atoms with van der Waals surface area (Å²) in [6, 6.07) is 20.2. The number of hydrogen-bond acceptors (Lipinski definition) is 1. The molecule has 2 fully saturated rings. The molecule has 1 aliphatic carbocycles. The summed E-state index contributed by atoms with van der Waals surface area (Å²) in [5, 5.41) is 0. The topological polar surface area (TPSA) is 3.24 Å². The number of piperidine rings is 1. The van der Waals surface area contributed by atoms with E-state index in [4.69, 9.17) is 0 Å². The molecule has 0 amide bonds. The molecule has 2 atom stereocenters. The highest BCUT2D eigenvalue weighted by Crippen LogP contribution is 2.53. The van der Waals surface area contributed by atoms with Crippen LogP contribution in [0.4, 0.5) is 0 Å². The van der Waals surface area contributed by atoms with E-state index in [1.807, 2.05) is 0 Å². The van der Waals surface area contributed by atoms with Crippen molar-refractivity contribution in [3.05, 3.63) is 77.9 Å². The summed E-state index contributed by atoms with van der Waals surface area (Å²) in [5.74, 6) is 1.64. The molecule has 2 aromatic rings. The van der Waals surface area contributed by atoms with Crippen LogP contribution < -0.4 is 0 Å². The first-order chi connectivity index (χ1) is 14.1. The van der Waals surface area contributed by atoms with E-state index in [9.17, 15) is 0 Å². The van der Waals surface area contributed by atoms with Crippen molar-refractivity contribution in [2.45, 2.75) is 64.7 Å². The molecule has 2 aromatic carbocycles. The molecule has 1 heteroatoms. The molecule has 1 saturated carbocycles. The molecule has 0 aromatic heterocycles.